The number of phosphoric ester groups is 1. The van der Waals surface area contributed by atoms with Crippen LogP contribution in [0, 0.1) is 28.1 Å². The number of phosphoric acid groups is 3. The van der Waals surface area contributed by atoms with Crippen molar-refractivity contribution in [1.82, 2.24) is 19.6 Å². The molecule has 0 aromatic carbocycles. The van der Waals surface area contributed by atoms with Gasteiger partial charge in [0, 0.05) is 0 Å². The maximum absolute atomic E-state index is 12.0. The van der Waals surface area contributed by atoms with Gasteiger partial charge in [0.05, 0.1) is 18.9 Å². The SMILES string of the molecule is CC1(C#N)[C@@H](O)[C@H](COP(=O)(O)OP(=O)(O)OP(=O)(O)O)O[C@]1(C#N)c1cnc2c(=O)[nH]cnn12. The van der Waals surface area contributed by atoms with Crippen molar-refractivity contribution in [1.29, 1.82) is 10.5 Å². The highest BCUT2D eigenvalue weighted by atomic mass is 31.3. The maximum atomic E-state index is 12.0. The molecule has 6 N–H and O–H groups in total. The zero-order chi connectivity index (χ0) is 26.4. The number of aliphatic hydroxyl groups excluding tert-OH is 1. The van der Waals surface area contributed by atoms with Crippen LogP contribution in [-0.2, 0) is 37.2 Å². The summed E-state index contributed by atoms with van der Waals surface area (Å²) >= 11 is 0. The van der Waals surface area contributed by atoms with Crippen LogP contribution in [0.2, 0.25) is 0 Å². The summed E-state index contributed by atoms with van der Waals surface area (Å²) in [5, 5.41) is 34.4. The first-order valence-electron chi connectivity index (χ1n) is 8.89. The number of nitrogens with one attached hydrogen (secondary N) is 1. The molecule has 0 saturated carbocycles. The third-order valence-electron chi connectivity index (χ3n) is 4.88. The van der Waals surface area contributed by atoms with Crippen LogP contribution in [-0.4, -0.2) is 63.1 Å². The number of rotatable bonds is 8. The topological polar surface area (TPSA) is 300 Å². The van der Waals surface area contributed by atoms with Gasteiger partial charge in [0.15, 0.2) is 0 Å². The second-order valence-electron chi connectivity index (χ2n) is 7.09. The molecule has 3 rings (SSSR count). The minimum Gasteiger partial charge on any atom is -0.388 e. The summed E-state index contributed by atoms with van der Waals surface area (Å²) in [6.07, 6.45) is -1.69. The molecule has 0 spiro atoms. The molecule has 0 aliphatic carbocycles. The van der Waals surface area contributed by atoms with Crippen LogP contribution in [0.3, 0.4) is 0 Å². The minimum atomic E-state index is -5.81. The Hall–Kier alpha value is -2.34. The lowest BCUT2D eigenvalue weighted by molar-refractivity contribution is -0.0575. The fourth-order valence-corrected chi connectivity index (χ4v) is 6.36. The van der Waals surface area contributed by atoms with Gasteiger partial charge in [0.1, 0.15) is 35.7 Å². The summed E-state index contributed by atoms with van der Waals surface area (Å²) in [7, 11) is -17.0. The minimum absolute atomic E-state index is 0.259. The molecule has 2 aromatic heterocycles. The quantitative estimate of drug-likeness (QED) is 0.207. The lowest BCUT2D eigenvalue weighted by Crippen LogP contribution is -2.45. The number of ether oxygens (including phenoxy) is 1. The second kappa shape index (κ2) is 8.95. The fourth-order valence-electron chi connectivity index (χ4n) is 3.33. The number of aromatic nitrogens is 4. The first-order valence-corrected chi connectivity index (χ1v) is 13.4. The monoisotopic (exact) mass is 556 g/mol. The van der Waals surface area contributed by atoms with Crippen LogP contribution >= 0.6 is 23.5 Å². The van der Waals surface area contributed by atoms with Gasteiger partial charge in [-0.25, -0.2) is 23.2 Å². The smallest absolute Gasteiger partial charge is 0.388 e. The summed E-state index contributed by atoms with van der Waals surface area (Å²) in [6, 6.07) is 3.46. The standard InChI is InChI=1S/C13H15N6O13P3/c1-12(4-14)9(20)7(3-29-34(25,26)32-35(27,28)31-33(22,23)24)30-13(12,5-15)8-2-16-10-11(21)17-6-18-19(8)10/h2,6-7,9,20H,3H2,1H3,(H,25,26)(H,27,28)(H,17,18,21)(H2,22,23,24)/t7-,9-,12?,13+/m0/s1. The van der Waals surface area contributed by atoms with Crippen LogP contribution in [0.15, 0.2) is 17.3 Å². The first-order chi connectivity index (χ1) is 16.0. The van der Waals surface area contributed by atoms with Crippen molar-refractivity contribution >= 4 is 29.1 Å². The molecule has 35 heavy (non-hydrogen) atoms. The normalized spacial score (nSPS) is 30.3. The van der Waals surface area contributed by atoms with Gasteiger partial charge in [0.25, 0.3) is 5.56 Å². The van der Waals surface area contributed by atoms with Crippen molar-refractivity contribution in [3.8, 4) is 12.1 Å². The number of imidazole rings is 1. The van der Waals surface area contributed by atoms with Gasteiger partial charge in [-0.3, -0.25) is 9.32 Å². The molecule has 22 heteroatoms. The molecular weight excluding hydrogens is 541 g/mol. The molecule has 1 saturated heterocycles. The average Bonchev–Trinajstić information content (AvgIpc) is 3.24. The largest absolute Gasteiger partial charge is 0.490 e. The summed E-state index contributed by atoms with van der Waals surface area (Å²) < 4.78 is 52.2. The summed E-state index contributed by atoms with van der Waals surface area (Å²) in [6.45, 7) is -0.0331. The molecule has 0 amide bonds. The van der Waals surface area contributed by atoms with E-state index in [1.807, 2.05) is 0 Å². The van der Waals surface area contributed by atoms with Crippen LogP contribution < -0.4 is 5.56 Å². The van der Waals surface area contributed by atoms with Gasteiger partial charge in [-0.1, -0.05) is 0 Å². The van der Waals surface area contributed by atoms with Crippen molar-refractivity contribution in [2.45, 2.75) is 24.7 Å². The highest BCUT2D eigenvalue weighted by Gasteiger charge is 2.67. The van der Waals surface area contributed by atoms with E-state index in [4.69, 9.17) is 14.5 Å². The van der Waals surface area contributed by atoms with Crippen LogP contribution in [0.1, 0.15) is 12.6 Å². The van der Waals surface area contributed by atoms with Gasteiger partial charge in [-0.15, -0.1) is 0 Å². The van der Waals surface area contributed by atoms with E-state index in [2.05, 4.69) is 28.2 Å². The van der Waals surface area contributed by atoms with Crippen LogP contribution in [0.4, 0.5) is 0 Å². The van der Waals surface area contributed by atoms with Gasteiger partial charge < -0.3 is 34.4 Å². The predicted octanol–water partition coefficient (Wildman–Crippen LogP) is -1.23. The zero-order valence-corrected chi connectivity index (χ0v) is 19.8. The lowest BCUT2D eigenvalue weighted by atomic mass is 9.71. The Morgan fingerprint density at radius 1 is 1.20 bits per heavy atom. The number of hydrogen-bond donors (Lipinski definition) is 6. The molecule has 1 fully saturated rings. The maximum Gasteiger partial charge on any atom is 0.490 e. The summed E-state index contributed by atoms with van der Waals surface area (Å²) in [5.41, 5.74) is -5.74. The number of aromatic amines is 1. The number of aliphatic hydroxyl groups is 1. The summed E-state index contributed by atoms with van der Waals surface area (Å²) in [4.78, 5) is 54.0. The Balaban J connectivity index is 1.92. The van der Waals surface area contributed by atoms with Gasteiger partial charge in [-0.05, 0) is 6.92 Å². The summed E-state index contributed by atoms with van der Waals surface area (Å²) in [5.74, 6) is 0. The Kier molecular flexibility index (Phi) is 6.97. The predicted molar refractivity (Wildman–Crippen MR) is 105 cm³/mol. The number of hydrogen-bond acceptors (Lipinski definition) is 13. The molecule has 2 aromatic rings. The Labute approximate surface area is 193 Å². The van der Waals surface area contributed by atoms with E-state index in [9.17, 15) is 43.9 Å². The van der Waals surface area contributed by atoms with Gasteiger partial charge in [-0.2, -0.15) is 24.2 Å². The fraction of sp³-hybridized carbons (Fsp3) is 0.462. The van der Waals surface area contributed by atoms with E-state index in [0.717, 1.165) is 24.0 Å². The zero-order valence-electron chi connectivity index (χ0n) is 17.1. The van der Waals surface area contributed by atoms with Crippen molar-refractivity contribution in [2.24, 2.45) is 5.41 Å². The molecule has 1 aliphatic rings. The Morgan fingerprint density at radius 2 is 1.86 bits per heavy atom. The number of H-pyrrole nitrogens is 1. The molecule has 0 radical (unpaired) electrons. The van der Waals surface area contributed by atoms with E-state index < -0.39 is 58.9 Å². The van der Waals surface area contributed by atoms with E-state index >= 15 is 0 Å². The van der Waals surface area contributed by atoms with E-state index in [0.29, 0.717) is 0 Å². The van der Waals surface area contributed by atoms with E-state index in [1.165, 1.54) is 0 Å². The molecule has 190 valence electrons. The first kappa shape index (κ1) is 27.3. The van der Waals surface area contributed by atoms with Gasteiger partial charge >= 0.3 is 23.5 Å². The van der Waals surface area contributed by atoms with Crippen LogP contribution in [0.5, 0.6) is 0 Å². The molecule has 3 heterocycles. The highest BCUT2D eigenvalue weighted by Crippen LogP contribution is 2.66. The number of nitriles is 2. The lowest BCUT2D eigenvalue weighted by Gasteiger charge is -2.31. The van der Waals surface area contributed by atoms with Crippen molar-refractivity contribution in [3.63, 3.8) is 0 Å². The number of fused-ring (bicyclic) bond motifs is 1. The third-order valence-corrected chi connectivity index (χ3v) is 8.68. The number of nitrogens with zero attached hydrogens (tertiary/aromatic N) is 5. The Bertz CT molecular complexity index is 1440. The molecule has 1 aliphatic heterocycles. The second-order valence-corrected chi connectivity index (χ2v) is 11.5. The van der Waals surface area contributed by atoms with E-state index in [1.54, 1.807) is 12.1 Å². The molecule has 0 bridgehead atoms. The Morgan fingerprint density at radius 3 is 2.43 bits per heavy atom. The molecule has 6 atom stereocenters. The van der Waals surface area contributed by atoms with Gasteiger partial charge in [0.2, 0.25) is 11.2 Å². The highest BCUT2D eigenvalue weighted by molar-refractivity contribution is 7.66. The van der Waals surface area contributed by atoms with E-state index in [-0.39, 0.29) is 11.3 Å². The average molecular weight is 556 g/mol. The molecular formula is C13H15N6O13P3. The molecule has 19 nitrogen and oxygen atoms in total. The van der Waals surface area contributed by atoms with Crippen LogP contribution in [0.25, 0.3) is 5.65 Å². The van der Waals surface area contributed by atoms with Crippen molar-refractivity contribution in [3.05, 3.63) is 28.6 Å². The molecule has 3 unspecified atom stereocenters. The van der Waals surface area contributed by atoms with Crippen molar-refractivity contribution in [2.75, 3.05) is 6.61 Å². The third kappa shape index (κ3) is 5.00. The van der Waals surface area contributed by atoms with Crippen molar-refractivity contribution < 1.29 is 56.3 Å².